The molecule has 16 nitrogen and oxygen atoms in total. The van der Waals surface area contributed by atoms with E-state index in [9.17, 15) is 34.3 Å². The average molecular weight is 524 g/mol. The van der Waals surface area contributed by atoms with Crippen LogP contribution in [0, 0.1) is 6.92 Å². The quantitative estimate of drug-likeness (QED) is 0.122. The maximum atomic E-state index is 12.7. The van der Waals surface area contributed by atoms with Crippen LogP contribution >= 0.6 is 23.3 Å². The molecule has 2 rings (SSSR count). The van der Waals surface area contributed by atoms with E-state index >= 15 is 0 Å². The number of ether oxygens (including phenoxy) is 1. The number of hydrogen-bond donors (Lipinski definition) is 5. The molecule has 0 bridgehead atoms. The van der Waals surface area contributed by atoms with Crippen molar-refractivity contribution in [2.75, 3.05) is 25.5 Å². The van der Waals surface area contributed by atoms with Gasteiger partial charge in [0.05, 0.1) is 7.11 Å². The number of aliphatic hydroxyl groups excluding tert-OH is 2. The van der Waals surface area contributed by atoms with Gasteiger partial charge in [0.25, 0.3) is 7.37 Å². The van der Waals surface area contributed by atoms with Crippen LogP contribution in [0.25, 0.3) is 0 Å². The third-order valence-electron chi connectivity index (χ3n) is 4.33. The Morgan fingerprint density at radius 3 is 2.34 bits per heavy atom. The predicted octanol–water partition coefficient (Wildman–Crippen LogP) is -1.76. The fraction of sp³-hybridized carbons (Fsp3) is 0.692. The van der Waals surface area contributed by atoms with Crippen molar-refractivity contribution < 1.29 is 63.1 Å². The molecule has 32 heavy (non-hydrogen) atoms. The summed E-state index contributed by atoms with van der Waals surface area (Å²) in [5.74, 6) is -2.65. The molecule has 1 aromatic rings. The van der Waals surface area contributed by atoms with Crippen molar-refractivity contribution in [3.63, 3.8) is 0 Å². The molecule has 6 atom stereocenters. The lowest BCUT2D eigenvalue weighted by atomic mass is 10.1. The second-order valence-corrected chi connectivity index (χ2v) is 14.1. The van der Waals surface area contributed by atoms with E-state index in [4.69, 9.17) is 19.8 Å². The summed E-state index contributed by atoms with van der Waals surface area (Å²) in [5, 5.41) is 37.3. The van der Waals surface area contributed by atoms with Gasteiger partial charge in [0, 0.05) is 11.9 Å². The van der Waals surface area contributed by atoms with Gasteiger partial charge in [0.2, 0.25) is 7.94 Å². The highest BCUT2D eigenvalue weighted by Crippen LogP contribution is 2.70. The van der Waals surface area contributed by atoms with Crippen LogP contribution in [0.4, 0.5) is 0 Å². The van der Waals surface area contributed by atoms with Crippen LogP contribution in [0.5, 0.6) is 0 Å². The van der Waals surface area contributed by atoms with Crippen molar-refractivity contribution in [1.29, 1.82) is 0 Å². The van der Waals surface area contributed by atoms with Gasteiger partial charge in [0.15, 0.2) is 18.0 Å². The molecule has 1 aliphatic rings. The van der Waals surface area contributed by atoms with Gasteiger partial charge in [-0.1, -0.05) is 9.35 Å². The molecule has 1 aromatic heterocycles. The van der Waals surface area contributed by atoms with Crippen molar-refractivity contribution in [3.05, 3.63) is 28.4 Å². The minimum atomic E-state index is -4.78. The van der Waals surface area contributed by atoms with Gasteiger partial charge < -0.3 is 29.6 Å². The Morgan fingerprint density at radius 2 is 1.81 bits per heavy atom. The summed E-state index contributed by atoms with van der Waals surface area (Å²) < 4.78 is 35.0. The van der Waals surface area contributed by atoms with E-state index in [-0.39, 0.29) is 0 Å². The first-order valence-corrected chi connectivity index (χ1v) is 14.2. The van der Waals surface area contributed by atoms with E-state index in [0.717, 1.165) is 11.7 Å². The molecule has 0 aliphatic carbocycles. The van der Waals surface area contributed by atoms with E-state index in [1.165, 1.54) is 12.3 Å². The normalized spacial score (nSPS) is 27.8. The minimum absolute atomic E-state index is 0.413. The number of aryl methyl sites for hydroxylation is 1. The first kappa shape index (κ1) is 27.7. The maximum Gasteiger partial charge on any atom is 0.349 e. The van der Waals surface area contributed by atoms with E-state index in [1.807, 2.05) is 0 Å². The van der Waals surface area contributed by atoms with E-state index in [2.05, 4.69) is 18.9 Å². The molecule has 184 valence electrons. The Bertz CT molecular complexity index is 884. The first-order chi connectivity index (χ1) is 14.8. The van der Waals surface area contributed by atoms with Crippen molar-refractivity contribution in [2.45, 2.75) is 31.5 Å². The fourth-order valence-corrected chi connectivity index (χ4v) is 9.98. The lowest BCUT2D eigenvalue weighted by Crippen LogP contribution is -2.36. The molecular formula is C13H23N2O14P3. The molecule has 1 aliphatic heterocycles. The number of nitrogens with zero attached hydrogens (tertiary/aromatic N) is 2. The monoisotopic (exact) mass is 524 g/mol. The summed E-state index contributed by atoms with van der Waals surface area (Å²) in [7, 11) is -13.0. The summed E-state index contributed by atoms with van der Waals surface area (Å²) in [6.07, 6.45) is -4.59. The molecule has 0 aromatic carbocycles. The summed E-state index contributed by atoms with van der Waals surface area (Å²) in [5.41, 5.74) is -0.343. The number of rotatable bonds is 11. The summed E-state index contributed by atoms with van der Waals surface area (Å²) in [4.78, 5) is 50.0. The Kier molecular flexibility index (Phi) is 9.38. The van der Waals surface area contributed by atoms with E-state index < -0.39 is 71.9 Å². The second-order valence-electron chi connectivity index (χ2n) is 6.80. The lowest BCUT2D eigenvalue weighted by Gasteiger charge is -2.29. The molecule has 2 heterocycles. The van der Waals surface area contributed by atoms with Gasteiger partial charge in [0.1, 0.15) is 24.9 Å². The van der Waals surface area contributed by atoms with Crippen molar-refractivity contribution in [2.24, 2.45) is 0 Å². The number of hydrogen-bond acceptors (Lipinski definition) is 14. The fourth-order valence-electron chi connectivity index (χ4n) is 2.78. The molecule has 19 heteroatoms. The van der Waals surface area contributed by atoms with Gasteiger partial charge in [-0.3, -0.25) is 9.13 Å². The summed E-state index contributed by atoms with van der Waals surface area (Å²) in [6, 6.07) is 1.47. The van der Waals surface area contributed by atoms with Gasteiger partial charge in [-0.05, 0) is 13.0 Å². The van der Waals surface area contributed by atoms with Crippen LogP contribution in [0.2, 0.25) is 0 Å². The van der Waals surface area contributed by atoms with Crippen molar-refractivity contribution >= 4 is 23.3 Å². The number of aromatic nitrogens is 2. The van der Waals surface area contributed by atoms with Crippen molar-refractivity contribution in [3.8, 4) is 0 Å². The third-order valence-corrected chi connectivity index (χ3v) is 12.2. The molecule has 1 fully saturated rings. The predicted molar refractivity (Wildman–Crippen MR) is 103 cm³/mol. The summed E-state index contributed by atoms with van der Waals surface area (Å²) in [6.45, 7) is 0.863. The molecule has 0 amide bonds. The van der Waals surface area contributed by atoms with Crippen LogP contribution in [-0.2, 0) is 27.7 Å². The highest BCUT2D eigenvalue weighted by Gasteiger charge is 2.50. The van der Waals surface area contributed by atoms with Crippen LogP contribution in [0.3, 0.4) is 0 Å². The molecule has 5 N–H and O–H groups in total. The third kappa shape index (κ3) is 6.76. The molecule has 2 unspecified atom stereocenters. The Labute approximate surface area is 182 Å². The molecule has 1 saturated heterocycles. The standard InChI is InChI=1S/C13H23N2O14P3/c1-8-3-4-15(13(18)14-8)12-11(17)10(16)9(27-12)5-26-31(23,25-2)6-30(21,22)7-32(24,28-19)29-20/h3-4,9-12,16-17,19-20H,5-7H2,1-2H3,(H,21,22)/t9-,10-,11-,12-,31?/m1/s1. The van der Waals surface area contributed by atoms with Crippen molar-refractivity contribution in [1.82, 2.24) is 9.55 Å². The average Bonchev–Trinajstić information content (AvgIpc) is 3.00. The Hall–Kier alpha value is -0.510. The van der Waals surface area contributed by atoms with Crippen LogP contribution in [0.1, 0.15) is 11.9 Å². The molecule has 0 saturated carbocycles. The minimum Gasteiger partial charge on any atom is -0.631 e. The van der Waals surface area contributed by atoms with Crippen LogP contribution in [-0.4, -0.2) is 79.0 Å². The molecule has 0 spiro atoms. The maximum absolute atomic E-state index is 12.7. The van der Waals surface area contributed by atoms with Crippen LogP contribution < -0.4 is 15.5 Å². The highest BCUT2D eigenvalue weighted by molar-refractivity contribution is 7.82. The zero-order valence-electron chi connectivity index (χ0n) is 16.7. The molecule has 0 radical (unpaired) electrons. The van der Waals surface area contributed by atoms with Gasteiger partial charge in [-0.2, -0.15) is 4.98 Å². The summed E-state index contributed by atoms with van der Waals surface area (Å²) >= 11 is 0. The zero-order chi connectivity index (χ0) is 24.3. The zero-order valence-corrected chi connectivity index (χ0v) is 19.4. The molecular weight excluding hydrogens is 501 g/mol. The van der Waals surface area contributed by atoms with E-state index in [1.54, 1.807) is 6.92 Å². The van der Waals surface area contributed by atoms with Gasteiger partial charge >= 0.3 is 13.6 Å². The Balaban J connectivity index is 2.08. The SMILES string of the molecule is CO[P+]([O-])(CP(=O)(O)C[P+]([O-])(OO)OO)OC[C@H]1O[C@@H](n2ccc(C)nc2=O)[C@H](O)[C@@H]1O. The first-order valence-electron chi connectivity index (χ1n) is 8.71. The van der Waals surface area contributed by atoms with Gasteiger partial charge in [-0.25, -0.2) is 24.4 Å². The van der Waals surface area contributed by atoms with Crippen LogP contribution in [0.15, 0.2) is 17.1 Å². The Morgan fingerprint density at radius 1 is 1.22 bits per heavy atom. The highest BCUT2D eigenvalue weighted by atomic mass is 31.3. The number of aliphatic hydroxyl groups is 2. The van der Waals surface area contributed by atoms with E-state index in [0.29, 0.717) is 5.69 Å². The topological polar surface area (TPSA) is 245 Å². The smallest absolute Gasteiger partial charge is 0.349 e. The second kappa shape index (κ2) is 10.8. The lowest BCUT2D eigenvalue weighted by molar-refractivity contribution is -0.319. The largest absolute Gasteiger partial charge is 0.631 e. The van der Waals surface area contributed by atoms with Gasteiger partial charge in [-0.15, -0.1) is 0 Å².